The van der Waals surface area contributed by atoms with Crippen LogP contribution in [0, 0.1) is 5.41 Å². The first-order chi connectivity index (χ1) is 9.65. The molecule has 0 aromatic carbocycles. The first-order valence-electron chi connectivity index (χ1n) is 7.83. The van der Waals surface area contributed by atoms with E-state index in [0.29, 0.717) is 19.3 Å². The highest BCUT2D eigenvalue weighted by Gasteiger charge is 2.26. The molecule has 0 spiro atoms. The third-order valence-corrected chi connectivity index (χ3v) is 3.82. The summed E-state index contributed by atoms with van der Waals surface area (Å²) in [6, 6.07) is 0. The Bertz CT molecular complexity index is 403. The predicted octanol–water partition coefficient (Wildman–Crippen LogP) is 4.44. The van der Waals surface area contributed by atoms with Crippen LogP contribution in [0.5, 0.6) is 0 Å². The average molecular weight is 294 g/mol. The third kappa shape index (κ3) is 10.2. The summed E-state index contributed by atoms with van der Waals surface area (Å²) in [4.78, 5) is 34.1. The molecule has 0 saturated carbocycles. The van der Waals surface area contributed by atoms with Crippen LogP contribution < -0.4 is 0 Å². The Morgan fingerprint density at radius 2 is 1.43 bits per heavy atom. The monoisotopic (exact) mass is 294 g/mol. The summed E-state index contributed by atoms with van der Waals surface area (Å²) in [6.07, 6.45) is 6.78. The maximum atomic E-state index is 12.3. The van der Waals surface area contributed by atoms with E-state index in [1.54, 1.807) is 13.8 Å². The van der Waals surface area contributed by atoms with E-state index >= 15 is 0 Å². The molecular formula is C18H30O3. The highest BCUT2D eigenvalue weighted by atomic mass is 16.1. The van der Waals surface area contributed by atoms with Crippen molar-refractivity contribution in [2.75, 3.05) is 0 Å². The number of carbonyl (C=O) groups excluding carboxylic acids is 3. The lowest BCUT2D eigenvalue weighted by atomic mass is 9.80. The molecule has 0 rings (SSSR count). The topological polar surface area (TPSA) is 51.2 Å². The number of carbonyl (C=O) groups is 3. The van der Waals surface area contributed by atoms with E-state index in [0.717, 1.165) is 25.7 Å². The van der Waals surface area contributed by atoms with E-state index in [-0.39, 0.29) is 22.8 Å². The van der Waals surface area contributed by atoms with Crippen LogP contribution in [0.25, 0.3) is 0 Å². The molecule has 0 fully saturated rings. The quantitative estimate of drug-likeness (QED) is 0.529. The van der Waals surface area contributed by atoms with E-state index in [2.05, 4.69) is 6.08 Å². The van der Waals surface area contributed by atoms with Gasteiger partial charge in [0.15, 0.2) is 0 Å². The summed E-state index contributed by atoms with van der Waals surface area (Å²) >= 11 is 0. The van der Waals surface area contributed by atoms with E-state index in [9.17, 15) is 14.4 Å². The highest BCUT2D eigenvalue weighted by molar-refractivity contribution is 5.84. The molecule has 0 aliphatic carbocycles. The van der Waals surface area contributed by atoms with Gasteiger partial charge < -0.3 is 9.59 Å². The number of hydrogen-bond donors (Lipinski definition) is 0. The summed E-state index contributed by atoms with van der Waals surface area (Å²) < 4.78 is 0. The lowest BCUT2D eigenvalue weighted by Gasteiger charge is -2.23. The lowest BCUT2D eigenvalue weighted by Crippen LogP contribution is -2.24. The van der Waals surface area contributed by atoms with Crippen LogP contribution in [-0.4, -0.2) is 17.3 Å². The van der Waals surface area contributed by atoms with Gasteiger partial charge in [-0.3, -0.25) is 4.79 Å². The zero-order chi connectivity index (χ0) is 16.5. The van der Waals surface area contributed by atoms with Crippen LogP contribution >= 0.6 is 0 Å². The summed E-state index contributed by atoms with van der Waals surface area (Å²) in [5.41, 5.74) is 0.818. The molecule has 0 unspecified atom stereocenters. The van der Waals surface area contributed by atoms with E-state index < -0.39 is 0 Å². The van der Waals surface area contributed by atoms with Gasteiger partial charge in [-0.2, -0.15) is 0 Å². The van der Waals surface area contributed by atoms with Crippen LogP contribution in [0.1, 0.15) is 79.6 Å². The molecule has 120 valence electrons. The molecule has 3 nitrogen and oxygen atoms in total. The second-order valence-corrected chi connectivity index (χ2v) is 6.65. The lowest BCUT2D eigenvalue weighted by molar-refractivity contribution is -0.128. The average Bonchev–Trinajstić information content (AvgIpc) is 2.34. The molecular weight excluding hydrogens is 264 g/mol. The minimum atomic E-state index is -0.352. The van der Waals surface area contributed by atoms with Crippen molar-refractivity contribution in [3.63, 3.8) is 0 Å². The van der Waals surface area contributed by atoms with Crippen molar-refractivity contribution in [3.8, 4) is 0 Å². The standard InChI is InChI=1S/C18H30O3/c1-14(8-6-9-15(2)19)11-12-17(21)18(4,5)13-7-10-16(3)20/h8H,6-7,9-13H2,1-5H3/b14-8-. The van der Waals surface area contributed by atoms with Gasteiger partial charge in [0.1, 0.15) is 17.3 Å². The number of allylic oxidation sites excluding steroid dienone is 2. The molecule has 0 aromatic heterocycles. The predicted molar refractivity (Wildman–Crippen MR) is 86.2 cm³/mol. The normalized spacial score (nSPS) is 12.3. The molecule has 0 aliphatic rings. The second-order valence-electron chi connectivity index (χ2n) is 6.65. The second kappa shape index (κ2) is 9.64. The van der Waals surface area contributed by atoms with E-state index in [1.165, 1.54) is 5.57 Å². The first-order valence-corrected chi connectivity index (χ1v) is 7.83. The summed E-state index contributed by atoms with van der Waals surface area (Å²) in [5.74, 6) is 0.634. The van der Waals surface area contributed by atoms with E-state index in [1.807, 2.05) is 20.8 Å². The van der Waals surface area contributed by atoms with Crippen LogP contribution in [0.2, 0.25) is 0 Å². The minimum absolute atomic E-state index is 0.183. The van der Waals surface area contributed by atoms with Crippen LogP contribution in [0.15, 0.2) is 11.6 Å². The van der Waals surface area contributed by atoms with Gasteiger partial charge in [-0.05, 0) is 46.5 Å². The molecule has 21 heavy (non-hydrogen) atoms. The molecule has 3 heteroatoms. The SMILES string of the molecule is CC(=O)CC/C=C(/C)CCC(=O)C(C)(C)CCCC(C)=O. The summed E-state index contributed by atoms with van der Waals surface area (Å²) in [5, 5.41) is 0. The number of Topliss-reactive ketones (excluding diaryl/α,β-unsaturated/α-hetero) is 3. The van der Waals surface area contributed by atoms with Gasteiger partial charge in [-0.25, -0.2) is 0 Å². The van der Waals surface area contributed by atoms with Gasteiger partial charge >= 0.3 is 0 Å². The first kappa shape index (κ1) is 19.8. The van der Waals surface area contributed by atoms with Gasteiger partial charge in [0.05, 0.1) is 0 Å². The van der Waals surface area contributed by atoms with Crippen molar-refractivity contribution < 1.29 is 14.4 Å². The maximum absolute atomic E-state index is 12.3. The van der Waals surface area contributed by atoms with Crippen molar-refractivity contribution in [2.24, 2.45) is 5.41 Å². The molecule has 0 atom stereocenters. The highest BCUT2D eigenvalue weighted by Crippen LogP contribution is 2.27. The Balaban J connectivity index is 4.15. The summed E-state index contributed by atoms with van der Waals surface area (Å²) in [7, 11) is 0. The largest absolute Gasteiger partial charge is 0.300 e. The third-order valence-electron chi connectivity index (χ3n) is 3.82. The molecule has 0 radical (unpaired) electrons. The van der Waals surface area contributed by atoms with Crippen LogP contribution in [0.3, 0.4) is 0 Å². The van der Waals surface area contributed by atoms with Crippen LogP contribution in [0.4, 0.5) is 0 Å². The molecule has 0 heterocycles. The number of ketones is 3. The fourth-order valence-corrected chi connectivity index (χ4v) is 2.19. The Kier molecular flexibility index (Phi) is 9.07. The van der Waals surface area contributed by atoms with Gasteiger partial charge in [0, 0.05) is 24.7 Å². The molecule has 0 aliphatic heterocycles. The van der Waals surface area contributed by atoms with Crippen LogP contribution in [-0.2, 0) is 14.4 Å². The number of hydrogen-bond acceptors (Lipinski definition) is 3. The van der Waals surface area contributed by atoms with Gasteiger partial charge in [0.2, 0.25) is 0 Å². The molecule has 0 aromatic rings. The Morgan fingerprint density at radius 1 is 0.857 bits per heavy atom. The van der Waals surface area contributed by atoms with Crippen molar-refractivity contribution in [1.29, 1.82) is 0 Å². The Labute approximate surface area is 129 Å². The summed E-state index contributed by atoms with van der Waals surface area (Å²) in [6.45, 7) is 9.12. The Hall–Kier alpha value is -1.25. The fourth-order valence-electron chi connectivity index (χ4n) is 2.19. The number of rotatable bonds is 11. The van der Waals surface area contributed by atoms with Crippen molar-refractivity contribution in [1.82, 2.24) is 0 Å². The molecule has 0 saturated heterocycles. The van der Waals surface area contributed by atoms with E-state index in [4.69, 9.17) is 0 Å². The maximum Gasteiger partial charge on any atom is 0.138 e. The van der Waals surface area contributed by atoms with Gasteiger partial charge in [0.25, 0.3) is 0 Å². The van der Waals surface area contributed by atoms with Crippen molar-refractivity contribution >= 4 is 17.3 Å². The molecule has 0 N–H and O–H groups in total. The molecule has 0 bridgehead atoms. The minimum Gasteiger partial charge on any atom is -0.300 e. The molecule has 0 amide bonds. The van der Waals surface area contributed by atoms with Crippen molar-refractivity contribution in [2.45, 2.75) is 79.6 Å². The Morgan fingerprint density at radius 3 is 1.95 bits per heavy atom. The van der Waals surface area contributed by atoms with Gasteiger partial charge in [-0.1, -0.05) is 25.5 Å². The van der Waals surface area contributed by atoms with Gasteiger partial charge in [-0.15, -0.1) is 0 Å². The fraction of sp³-hybridized carbons (Fsp3) is 0.722. The zero-order valence-corrected chi connectivity index (χ0v) is 14.3. The van der Waals surface area contributed by atoms with Crippen molar-refractivity contribution in [3.05, 3.63) is 11.6 Å². The zero-order valence-electron chi connectivity index (χ0n) is 14.3. The smallest absolute Gasteiger partial charge is 0.138 e.